The molecule has 0 saturated carbocycles. The topological polar surface area (TPSA) is 71.1 Å². The van der Waals surface area contributed by atoms with Gasteiger partial charge in [0.05, 0.1) is 58.3 Å². The van der Waals surface area contributed by atoms with Crippen LogP contribution in [0.25, 0.3) is 0 Å². The van der Waals surface area contributed by atoms with Crippen molar-refractivity contribution in [3.8, 4) is 0 Å². The Hall–Kier alpha value is -2.39. The van der Waals surface area contributed by atoms with Crippen LogP contribution in [-0.4, -0.2) is 89.2 Å². The predicted octanol–water partition coefficient (Wildman–Crippen LogP) is 7.44. The molecule has 0 aliphatic carbocycles. The lowest BCUT2D eigenvalue weighted by Crippen LogP contribution is -2.49. The molecule has 3 rings (SSSR count). The third-order valence-electron chi connectivity index (χ3n) is 9.18. The summed E-state index contributed by atoms with van der Waals surface area (Å²) < 4.78 is 26.3. The van der Waals surface area contributed by atoms with Crippen molar-refractivity contribution in [3.63, 3.8) is 0 Å². The number of hydrogen-bond donors (Lipinski definition) is 1. The molecular formula is C36H62FN4O4+. The lowest BCUT2D eigenvalue weighted by Gasteiger charge is -2.29. The van der Waals surface area contributed by atoms with E-state index in [0.717, 1.165) is 13.0 Å². The first-order valence-electron chi connectivity index (χ1n) is 18.0. The molecule has 1 atom stereocenters. The van der Waals surface area contributed by atoms with E-state index in [9.17, 15) is 14.0 Å². The second-order valence-electron chi connectivity index (χ2n) is 13.8. The Kier molecular flexibility index (Phi) is 17.0. The number of morpholine rings is 1. The van der Waals surface area contributed by atoms with E-state index in [1.165, 1.54) is 107 Å². The van der Waals surface area contributed by atoms with Crippen LogP contribution in [-0.2, 0) is 14.3 Å². The molecule has 2 heterocycles. The molecule has 2 aliphatic rings. The Labute approximate surface area is 272 Å². The third kappa shape index (κ3) is 14.3. The molecule has 1 aromatic carbocycles. The molecule has 45 heavy (non-hydrogen) atoms. The Morgan fingerprint density at radius 1 is 0.889 bits per heavy atom. The average molecular weight is 634 g/mol. The fourth-order valence-corrected chi connectivity index (χ4v) is 6.40. The smallest absolute Gasteiger partial charge is 0.414 e. The van der Waals surface area contributed by atoms with Gasteiger partial charge in [-0.05, 0) is 31.0 Å². The summed E-state index contributed by atoms with van der Waals surface area (Å²) in [7, 11) is 4.19. The van der Waals surface area contributed by atoms with Gasteiger partial charge in [-0.2, -0.15) is 0 Å². The van der Waals surface area contributed by atoms with Crippen molar-refractivity contribution in [2.75, 3.05) is 76.4 Å². The molecule has 2 saturated heterocycles. The van der Waals surface area contributed by atoms with Gasteiger partial charge in [0.1, 0.15) is 11.9 Å². The normalized spacial score (nSPS) is 17.2. The van der Waals surface area contributed by atoms with Crippen molar-refractivity contribution in [1.82, 2.24) is 5.32 Å². The maximum Gasteiger partial charge on any atom is 0.414 e. The van der Waals surface area contributed by atoms with Gasteiger partial charge in [0.15, 0.2) is 6.54 Å². The van der Waals surface area contributed by atoms with Crippen LogP contribution in [0.15, 0.2) is 18.2 Å². The number of amides is 2. The van der Waals surface area contributed by atoms with Gasteiger partial charge in [-0.1, -0.05) is 96.8 Å². The van der Waals surface area contributed by atoms with E-state index in [0.29, 0.717) is 48.7 Å². The first-order chi connectivity index (χ1) is 21.8. The summed E-state index contributed by atoms with van der Waals surface area (Å²) in [4.78, 5) is 28.6. The summed E-state index contributed by atoms with van der Waals surface area (Å²) in [5.41, 5.74) is 0.971. The molecule has 9 heteroatoms. The molecule has 0 radical (unpaired) electrons. The van der Waals surface area contributed by atoms with Crippen LogP contribution in [0.4, 0.5) is 20.6 Å². The van der Waals surface area contributed by atoms with Gasteiger partial charge in [-0.15, -0.1) is 0 Å². The molecule has 2 fully saturated rings. The van der Waals surface area contributed by atoms with Gasteiger partial charge in [0, 0.05) is 13.1 Å². The molecule has 1 aromatic rings. The zero-order valence-corrected chi connectivity index (χ0v) is 28.6. The van der Waals surface area contributed by atoms with E-state index >= 15 is 0 Å². The average Bonchev–Trinajstić information content (AvgIpc) is 3.40. The maximum atomic E-state index is 14.9. The summed E-state index contributed by atoms with van der Waals surface area (Å²) in [5, 5.41) is 2.94. The number of benzene rings is 1. The van der Waals surface area contributed by atoms with Crippen LogP contribution in [0.1, 0.15) is 110 Å². The molecule has 2 amide bonds. The van der Waals surface area contributed by atoms with Crippen molar-refractivity contribution in [2.45, 2.75) is 116 Å². The molecule has 0 aromatic heterocycles. The number of nitrogens with one attached hydrogen (secondary N) is 1. The number of quaternary nitrogens is 1. The van der Waals surface area contributed by atoms with Gasteiger partial charge in [0.2, 0.25) is 0 Å². The standard InChI is InChI=1S/C36H61FN4O4/c1-4-5-6-7-8-9-10-11-12-13-14-15-16-17-18-19-24-41(2,3)30-35(42)38-28-32-29-40(36(43)45-32)31-20-21-34(33(37)27-31)39-22-25-44-26-23-39/h20-21,27,32H,4-19,22-26,28-30H2,1-3H3/p+1/t32-/m0/s1. The largest absolute Gasteiger partial charge is 0.442 e. The van der Waals surface area contributed by atoms with Crippen molar-refractivity contribution in [1.29, 1.82) is 0 Å². The van der Waals surface area contributed by atoms with E-state index in [1.807, 2.05) is 4.90 Å². The molecule has 2 aliphatic heterocycles. The van der Waals surface area contributed by atoms with Crippen LogP contribution in [0, 0.1) is 5.82 Å². The van der Waals surface area contributed by atoms with Crippen molar-refractivity contribution >= 4 is 23.4 Å². The highest BCUT2D eigenvalue weighted by atomic mass is 19.1. The van der Waals surface area contributed by atoms with Gasteiger partial charge in [-0.3, -0.25) is 9.69 Å². The quantitative estimate of drug-likeness (QED) is 0.100. The highest BCUT2D eigenvalue weighted by Gasteiger charge is 2.33. The second-order valence-corrected chi connectivity index (χ2v) is 13.8. The number of rotatable bonds is 23. The fourth-order valence-electron chi connectivity index (χ4n) is 6.40. The van der Waals surface area contributed by atoms with Gasteiger partial charge in [-0.25, -0.2) is 9.18 Å². The van der Waals surface area contributed by atoms with Crippen molar-refractivity contribution < 1.29 is 27.9 Å². The molecule has 0 spiro atoms. The maximum absolute atomic E-state index is 14.9. The van der Waals surface area contributed by atoms with Crippen molar-refractivity contribution in [3.05, 3.63) is 24.0 Å². The van der Waals surface area contributed by atoms with Crippen LogP contribution in [0.2, 0.25) is 0 Å². The number of nitrogens with zero attached hydrogens (tertiary/aromatic N) is 3. The number of carbonyl (C=O) groups excluding carboxylic acids is 2. The number of halogens is 1. The van der Waals surface area contributed by atoms with Crippen LogP contribution in [0.5, 0.6) is 0 Å². The molecule has 8 nitrogen and oxygen atoms in total. The molecular weight excluding hydrogens is 571 g/mol. The minimum Gasteiger partial charge on any atom is -0.442 e. The number of cyclic esters (lactones) is 1. The summed E-state index contributed by atoms with van der Waals surface area (Å²) >= 11 is 0. The molecule has 256 valence electrons. The highest BCUT2D eigenvalue weighted by Crippen LogP contribution is 2.28. The minimum atomic E-state index is -0.521. The third-order valence-corrected chi connectivity index (χ3v) is 9.18. The van der Waals surface area contributed by atoms with E-state index in [2.05, 4.69) is 26.3 Å². The Bertz CT molecular complexity index is 1000. The Morgan fingerprint density at radius 2 is 1.44 bits per heavy atom. The number of hydrogen-bond acceptors (Lipinski definition) is 5. The molecule has 0 bridgehead atoms. The lowest BCUT2D eigenvalue weighted by molar-refractivity contribution is -0.882. The minimum absolute atomic E-state index is 0.0492. The van der Waals surface area contributed by atoms with Crippen LogP contribution >= 0.6 is 0 Å². The van der Waals surface area contributed by atoms with Gasteiger partial charge >= 0.3 is 6.09 Å². The highest BCUT2D eigenvalue weighted by molar-refractivity contribution is 5.90. The molecule has 1 N–H and O–H groups in total. The monoisotopic (exact) mass is 633 g/mol. The number of anilines is 2. The number of carbonyl (C=O) groups is 2. The zero-order chi connectivity index (χ0) is 32.3. The lowest BCUT2D eigenvalue weighted by atomic mass is 10.0. The number of likely N-dealkylation sites (N-methyl/N-ethyl adjacent to an activating group) is 1. The summed E-state index contributed by atoms with van der Waals surface area (Å²) in [6.07, 6.45) is 20.6. The summed E-state index contributed by atoms with van der Waals surface area (Å²) in [6, 6.07) is 4.83. The van der Waals surface area contributed by atoms with E-state index in [-0.39, 0.29) is 24.8 Å². The molecule has 0 unspecified atom stereocenters. The van der Waals surface area contributed by atoms with Gasteiger partial charge in [0.25, 0.3) is 5.91 Å². The Balaban J connectivity index is 1.21. The van der Waals surface area contributed by atoms with E-state index in [4.69, 9.17) is 9.47 Å². The van der Waals surface area contributed by atoms with Crippen LogP contribution < -0.4 is 15.1 Å². The van der Waals surface area contributed by atoms with E-state index < -0.39 is 12.2 Å². The van der Waals surface area contributed by atoms with Crippen molar-refractivity contribution in [2.24, 2.45) is 0 Å². The first-order valence-corrected chi connectivity index (χ1v) is 18.0. The number of unbranched alkanes of at least 4 members (excludes halogenated alkanes) is 15. The fraction of sp³-hybridized carbons (Fsp3) is 0.778. The zero-order valence-electron chi connectivity index (χ0n) is 28.6. The van der Waals surface area contributed by atoms with E-state index in [1.54, 1.807) is 12.1 Å². The van der Waals surface area contributed by atoms with Gasteiger partial charge < -0.3 is 24.2 Å². The summed E-state index contributed by atoms with van der Waals surface area (Å²) in [5.74, 6) is -0.421. The number of ether oxygens (including phenoxy) is 2. The second kappa shape index (κ2) is 20.7. The predicted molar refractivity (Wildman–Crippen MR) is 181 cm³/mol. The Morgan fingerprint density at radius 3 is 2.00 bits per heavy atom. The first kappa shape index (κ1) is 37.1. The van der Waals surface area contributed by atoms with Crippen LogP contribution in [0.3, 0.4) is 0 Å². The SMILES string of the molecule is CCCCCCCCCCCCCCCCCC[N+](C)(C)CC(=O)NC[C@H]1CN(c2ccc(N3CCOCC3)c(F)c2)C(=O)O1. The summed E-state index contributed by atoms with van der Waals surface area (Å²) in [6.45, 7) is 6.56.